The van der Waals surface area contributed by atoms with Gasteiger partial charge in [-0.25, -0.2) is 0 Å². The number of hydrogen-bond donors (Lipinski definition) is 2. The number of benzene rings is 1. The highest BCUT2D eigenvalue weighted by Crippen LogP contribution is 2.25. The molecule has 0 bridgehead atoms. The predicted octanol–water partition coefficient (Wildman–Crippen LogP) is 3.23. The van der Waals surface area contributed by atoms with Crippen LogP contribution in [-0.4, -0.2) is 42.8 Å². The van der Waals surface area contributed by atoms with Crippen molar-refractivity contribution in [2.75, 3.05) is 26.7 Å². The van der Waals surface area contributed by atoms with Gasteiger partial charge in [-0.3, -0.25) is 0 Å². The van der Waals surface area contributed by atoms with E-state index in [0.717, 1.165) is 30.8 Å². The van der Waals surface area contributed by atoms with Crippen LogP contribution in [0, 0.1) is 0 Å². The van der Waals surface area contributed by atoms with Crippen molar-refractivity contribution in [3.05, 3.63) is 34.9 Å². The first-order valence-electron chi connectivity index (χ1n) is 8.02. The highest BCUT2D eigenvalue weighted by molar-refractivity contribution is 6.30. The summed E-state index contributed by atoms with van der Waals surface area (Å²) in [6, 6.07) is 9.14. The van der Waals surface area contributed by atoms with Crippen LogP contribution in [0.2, 0.25) is 5.02 Å². The van der Waals surface area contributed by atoms with Gasteiger partial charge in [0.05, 0.1) is 0 Å². The van der Waals surface area contributed by atoms with Gasteiger partial charge in [0.25, 0.3) is 0 Å². The molecule has 1 aromatic rings. The normalized spacial score (nSPS) is 20.8. The molecule has 1 aliphatic rings. The molecular weight excluding hydrogens is 284 g/mol. The summed E-state index contributed by atoms with van der Waals surface area (Å²) in [6.07, 6.45) is 5.70. The molecule has 4 heteroatoms. The zero-order valence-electron chi connectivity index (χ0n) is 12.9. The minimum Gasteiger partial charge on any atom is -0.396 e. The number of aliphatic hydroxyl groups excluding tert-OH is 1. The van der Waals surface area contributed by atoms with Crippen LogP contribution >= 0.6 is 11.6 Å². The van der Waals surface area contributed by atoms with Crippen molar-refractivity contribution in [1.82, 2.24) is 10.2 Å². The van der Waals surface area contributed by atoms with Gasteiger partial charge in [-0.15, -0.1) is 0 Å². The van der Waals surface area contributed by atoms with E-state index in [4.69, 9.17) is 16.7 Å². The molecule has 1 heterocycles. The summed E-state index contributed by atoms with van der Waals surface area (Å²) in [7, 11) is 2.01. The summed E-state index contributed by atoms with van der Waals surface area (Å²) < 4.78 is 0. The topological polar surface area (TPSA) is 35.5 Å². The number of nitrogens with zero attached hydrogens (tertiary/aromatic N) is 1. The molecule has 2 N–H and O–H groups in total. The summed E-state index contributed by atoms with van der Waals surface area (Å²) in [5.74, 6) is 0. The number of rotatable bonds is 8. The van der Waals surface area contributed by atoms with Gasteiger partial charge in [-0.2, -0.15) is 0 Å². The highest BCUT2D eigenvalue weighted by Gasteiger charge is 2.24. The molecule has 0 aromatic heterocycles. The Labute approximate surface area is 133 Å². The second-order valence-corrected chi connectivity index (χ2v) is 6.32. The molecule has 0 aliphatic carbocycles. The van der Waals surface area contributed by atoms with E-state index in [2.05, 4.69) is 22.3 Å². The van der Waals surface area contributed by atoms with Crippen LogP contribution in [0.1, 0.15) is 43.7 Å². The quantitative estimate of drug-likeness (QED) is 0.774. The van der Waals surface area contributed by atoms with E-state index >= 15 is 0 Å². The molecule has 1 aromatic carbocycles. The van der Waals surface area contributed by atoms with Crippen LogP contribution in [0.4, 0.5) is 0 Å². The van der Waals surface area contributed by atoms with E-state index in [-0.39, 0.29) is 0 Å². The SMILES string of the molecule is CNC(CCN1CCCC1CCCO)c1cccc(Cl)c1. The molecule has 1 fully saturated rings. The first kappa shape index (κ1) is 16.8. The fraction of sp³-hybridized carbons (Fsp3) is 0.647. The monoisotopic (exact) mass is 310 g/mol. The second kappa shape index (κ2) is 8.74. The van der Waals surface area contributed by atoms with Gasteiger partial charge in [0.2, 0.25) is 0 Å². The Kier molecular flexibility index (Phi) is 6.97. The van der Waals surface area contributed by atoms with Crippen LogP contribution < -0.4 is 5.32 Å². The summed E-state index contributed by atoms with van der Waals surface area (Å²) in [4.78, 5) is 2.59. The van der Waals surface area contributed by atoms with E-state index in [1.165, 1.54) is 24.9 Å². The Morgan fingerprint density at radius 3 is 3.05 bits per heavy atom. The lowest BCUT2D eigenvalue weighted by Gasteiger charge is -2.27. The van der Waals surface area contributed by atoms with E-state index in [1.54, 1.807) is 0 Å². The molecular formula is C17H27ClN2O. The number of nitrogens with one attached hydrogen (secondary N) is 1. The van der Waals surface area contributed by atoms with Crippen molar-refractivity contribution in [1.29, 1.82) is 0 Å². The van der Waals surface area contributed by atoms with Gasteiger partial charge in [0.1, 0.15) is 0 Å². The van der Waals surface area contributed by atoms with Crippen molar-refractivity contribution in [2.45, 2.75) is 44.2 Å². The summed E-state index contributed by atoms with van der Waals surface area (Å²) in [5, 5.41) is 13.2. The molecule has 3 nitrogen and oxygen atoms in total. The largest absolute Gasteiger partial charge is 0.396 e. The lowest BCUT2D eigenvalue weighted by Crippen LogP contribution is -2.32. The fourth-order valence-corrected chi connectivity index (χ4v) is 3.54. The van der Waals surface area contributed by atoms with Crippen molar-refractivity contribution in [3.8, 4) is 0 Å². The first-order chi connectivity index (χ1) is 10.2. The smallest absolute Gasteiger partial charge is 0.0431 e. The fourth-order valence-electron chi connectivity index (χ4n) is 3.34. The van der Waals surface area contributed by atoms with Gasteiger partial charge in [0, 0.05) is 30.3 Å². The molecule has 1 saturated heterocycles. The highest BCUT2D eigenvalue weighted by atomic mass is 35.5. The standard InChI is InChI=1S/C17H27ClN2O/c1-19-17(14-5-2-6-15(18)13-14)9-11-20-10-3-7-16(20)8-4-12-21/h2,5-6,13,16-17,19,21H,3-4,7-12H2,1H3. The van der Waals surface area contributed by atoms with Crippen LogP contribution in [0.5, 0.6) is 0 Å². The third kappa shape index (κ3) is 4.96. The predicted molar refractivity (Wildman–Crippen MR) is 88.8 cm³/mol. The second-order valence-electron chi connectivity index (χ2n) is 5.88. The third-order valence-electron chi connectivity index (χ3n) is 4.50. The zero-order valence-corrected chi connectivity index (χ0v) is 13.6. The molecule has 1 aliphatic heterocycles. The average Bonchev–Trinajstić information content (AvgIpc) is 2.93. The van der Waals surface area contributed by atoms with Crippen LogP contribution in [0.25, 0.3) is 0 Å². The van der Waals surface area contributed by atoms with Gasteiger partial charge >= 0.3 is 0 Å². The maximum atomic E-state index is 9.00. The van der Waals surface area contributed by atoms with Crippen molar-refractivity contribution in [2.24, 2.45) is 0 Å². The maximum Gasteiger partial charge on any atom is 0.0431 e. The lowest BCUT2D eigenvalue weighted by molar-refractivity contribution is 0.208. The molecule has 2 rings (SSSR count). The molecule has 0 saturated carbocycles. The van der Waals surface area contributed by atoms with Crippen LogP contribution in [0.15, 0.2) is 24.3 Å². The number of hydrogen-bond acceptors (Lipinski definition) is 3. The Bertz CT molecular complexity index is 427. The van der Waals surface area contributed by atoms with Crippen LogP contribution in [0.3, 0.4) is 0 Å². The summed E-state index contributed by atoms with van der Waals surface area (Å²) >= 11 is 6.09. The molecule has 21 heavy (non-hydrogen) atoms. The Morgan fingerprint density at radius 1 is 1.48 bits per heavy atom. The number of aliphatic hydroxyl groups is 1. The van der Waals surface area contributed by atoms with Crippen molar-refractivity contribution >= 4 is 11.6 Å². The molecule has 2 unspecified atom stereocenters. The maximum absolute atomic E-state index is 9.00. The van der Waals surface area contributed by atoms with Gasteiger partial charge in [0.15, 0.2) is 0 Å². The lowest BCUT2D eigenvalue weighted by atomic mass is 10.0. The van der Waals surface area contributed by atoms with Gasteiger partial charge in [-0.05, 0) is 63.4 Å². The Hall–Kier alpha value is -0.610. The summed E-state index contributed by atoms with van der Waals surface area (Å²) in [5.41, 5.74) is 1.26. The Morgan fingerprint density at radius 2 is 2.33 bits per heavy atom. The minimum absolute atomic E-state index is 0.312. The molecule has 0 spiro atoms. The molecule has 2 atom stereocenters. The molecule has 118 valence electrons. The molecule has 0 amide bonds. The first-order valence-corrected chi connectivity index (χ1v) is 8.40. The summed E-state index contributed by atoms with van der Waals surface area (Å²) in [6.45, 7) is 2.61. The minimum atomic E-state index is 0.312. The van der Waals surface area contributed by atoms with Crippen molar-refractivity contribution in [3.63, 3.8) is 0 Å². The van der Waals surface area contributed by atoms with E-state index < -0.39 is 0 Å². The Balaban J connectivity index is 1.87. The van der Waals surface area contributed by atoms with Crippen molar-refractivity contribution < 1.29 is 5.11 Å². The zero-order chi connectivity index (χ0) is 15.1. The van der Waals surface area contributed by atoms with Gasteiger partial charge in [-0.1, -0.05) is 23.7 Å². The van der Waals surface area contributed by atoms with E-state index in [0.29, 0.717) is 18.7 Å². The van der Waals surface area contributed by atoms with Gasteiger partial charge < -0.3 is 15.3 Å². The van der Waals surface area contributed by atoms with E-state index in [9.17, 15) is 0 Å². The number of likely N-dealkylation sites (tertiary alicyclic amines) is 1. The average molecular weight is 311 g/mol. The van der Waals surface area contributed by atoms with Crippen LogP contribution in [-0.2, 0) is 0 Å². The molecule has 0 radical (unpaired) electrons. The number of halogens is 1. The third-order valence-corrected chi connectivity index (χ3v) is 4.73. The van der Waals surface area contributed by atoms with E-state index in [1.807, 2.05) is 19.2 Å².